The quantitative estimate of drug-likeness (QED) is 0.714. The van der Waals surface area contributed by atoms with Crippen molar-refractivity contribution in [1.82, 2.24) is 10.2 Å². The van der Waals surface area contributed by atoms with Gasteiger partial charge in [0.15, 0.2) is 11.5 Å². The molecule has 0 unspecified atom stereocenters. The van der Waals surface area contributed by atoms with E-state index in [0.717, 1.165) is 24.3 Å². The third kappa shape index (κ3) is 5.13. The lowest BCUT2D eigenvalue weighted by atomic mass is 10.2. The van der Waals surface area contributed by atoms with Crippen LogP contribution in [0.2, 0.25) is 0 Å². The van der Waals surface area contributed by atoms with Gasteiger partial charge in [-0.2, -0.15) is 0 Å². The van der Waals surface area contributed by atoms with E-state index in [1.165, 1.54) is 19.2 Å². The Kier molecular flexibility index (Phi) is 6.71. The van der Waals surface area contributed by atoms with Crippen molar-refractivity contribution in [3.05, 3.63) is 53.8 Å². The highest BCUT2D eigenvalue weighted by molar-refractivity contribution is 5.76. The summed E-state index contributed by atoms with van der Waals surface area (Å²) in [5.41, 5.74) is 1.91. The summed E-state index contributed by atoms with van der Waals surface area (Å²) in [4.78, 5) is 16.4. The maximum Gasteiger partial charge on any atom is 0.223 e. The zero-order valence-corrected chi connectivity index (χ0v) is 16.0. The first-order chi connectivity index (χ1) is 13.6. The zero-order valence-electron chi connectivity index (χ0n) is 16.0. The molecule has 2 aromatic rings. The molecule has 0 aliphatic carbocycles. The Hall–Kier alpha value is -2.80. The summed E-state index contributed by atoms with van der Waals surface area (Å²) in [7, 11) is 1.51. The summed E-state index contributed by atoms with van der Waals surface area (Å²) >= 11 is 0. The van der Waals surface area contributed by atoms with Crippen molar-refractivity contribution in [1.29, 1.82) is 0 Å². The topological polar surface area (TPSA) is 65.0 Å². The highest BCUT2D eigenvalue weighted by Gasteiger charge is 2.20. The second-order valence-electron chi connectivity index (χ2n) is 6.78. The van der Waals surface area contributed by atoms with Gasteiger partial charge < -0.3 is 25.0 Å². The highest BCUT2D eigenvalue weighted by atomic mass is 19.1. The number of hydrogen-bond donors (Lipinski definition) is 2. The second-order valence-corrected chi connectivity index (χ2v) is 6.78. The fourth-order valence-corrected chi connectivity index (χ4v) is 3.30. The van der Waals surface area contributed by atoms with Crippen molar-refractivity contribution in [2.75, 3.05) is 44.7 Å². The minimum Gasteiger partial charge on any atom is -0.504 e. The van der Waals surface area contributed by atoms with Crippen LogP contribution in [0, 0.1) is 5.82 Å². The summed E-state index contributed by atoms with van der Waals surface area (Å²) in [6.07, 6.45) is 0.429. The number of phenolic OH excluding ortho intramolecular Hbond substituents is 1. The minimum atomic E-state index is -0.241. The molecule has 150 valence electrons. The van der Waals surface area contributed by atoms with E-state index in [9.17, 15) is 14.3 Å². The monoisotopic (exact) mass is 387 g/mol. The number of halogens is 1. The molecule has 3 rings (SSSR count). The van der Waals surface area contributed by atoms with Crippen LogP contribution in [0.5, 0.6) is 11.5 Å². The fraction of sp³-hybridized carbons (Fsp3) is 0.381. The first-order valence-corrected chi connectivity index (χ1v) is 9.41. The first-order valence-electron chi connectivity index (χ1n) is 9.41. The normalized spacial score (nSPS) is 14.2. The van der Waals surface area contributed by atoms with E-state index in [2.05, 4.69) is 10.2 Å². The molecule has 28 heavy (non-hydrogen) atoms. The van der Waals surface area contributed by atoms with Gasteiger partial charge in [-0.15, -0.1) is 0 Å². The predicted molar refractivity (Wildman–Crippen MR) is 106 cm³/mol. The number of nitrogens with zero attached hydrogens (tertiary/aromatic N) is 2. The number of amides is 1. The molecule has 6 nitrogen and oxygen atoms in total. The SMILES string of the molecule is COc1ccc(CNCCC(=O)N2CCN(c3ccc(F)cc3)CC2)cc1O. The Labute approximate surface area is 164 Å². The van der Waals surface area contributed by atoms with E-state index in [1.807, 2.05) is 11.0 Å². The van der Waals surface area contributed by atoms with Crippen molar-refractivity contribution in [3.8, 4) is 11.5 Å². The molecule has 7 heteroatoms. The number of piperazine rings is 1. The van der Waals surface area contributed by atoms with Crippen LogP contribution in [0.4, 0.5) is 10.1 Å². The van der Waals surface area contributed by atoms with Crippen molar-refractivity contribution >= 4 is 11.6 Å². The van der Waals surface area contributed by atoms with Crippen LogP contribution in [0.25, 0.3) is 0 Å². The Morgan fingerprint density at radius 1 is 1.14 bits per heavy atom. The van der Waals surface area contributed by atoms with Gasteiger partial charge in [-0.1, -0.05) is 6.07 Å². The number of rotatable bonds is 7. The Morgan fingerprint density at radius 3 is 2.50 bits per heavy atom. The predicted octanol–water partition coefficient (Wildman–Crippen LogP) is 2.37. The van der Waals surface area contributed by atoms with Crippen LogP contribution in [0.3, 0.4) is 0 Å². The van der Waals surface area contributed by atoms with Gasteiger partial charge in [0.2, 0.25) is 5.91 Å². The number of phenols is 1. The number of aromatic hydroxyl groups is 1. The van der Waals surface area contributed by atoms with E-state index >= 15 is 0 Å². The Balaban J connectivity index is 1.37. The van der Waals surface area contributed by atoms with Crippen LogP contribution >= 0.6 is 0 Å². The van der Waals surface area contributed by atoms with E-state index in [-0.39, 0.29) is 17.5 Å². The van der Waals surface area contributed by atoms with Gasteiger partial charge in [-0.25, -0.2) is 4.39 Å². The van der Waals surface area contributed by atoms with E-state index in [4.69, 9.17) is 4.74 Å². The van der Waals surface area contributed by atoms with Crippen molar-refractivity contribution in [3.63, 3.8) is 0 Å². The molecular formula is C21H26FN3O3. The standard InChI is InChI=1S/C21H26FN3O3/c1-28-20-7-2-16(14-19(20)26)15-23-9-8-21(27)25-12-10-24(11-13-25)18-5-3-17(22)4-6-18/h2-7,14,23,26H,8-13,15H2,1H3. The van der Waals surface area contributed by atoms with Crippen molar-refractivity contribution in [2.45, 2.75) is 13.0 Å². The van der Waals surface area contributed by atoms with Crippen molar-refractivity contribution < 1.29 is 19.0 Å². The van der Waals surface area contributed by atoms with Crippen LogP contribution in [0.15, 0.2) is 42.5 Å². The average molecular weight is 387 g/mol. The van der Waals surface area contributed by atoms with Gasteiger partial charge in [-0.05, 0) is 42.0 Å². The second kappa shape index (κ2) is 9.41. The lowest BCUT2D eigenvalue weighted by molar-refractivity contribution is -0.131. The molecule has 2 aromatic carbocycles. The van der Waals surface area contributed by atoms with Gasteiger partial charge in [0, 0.05) is 51.4 Å². The largest absolute Gasteiger partial charge is 0.504 e. The fourth-order valence-electron chi connectivity index (χ4n) is 3.30. The molecule has 0 aromatic heterocycles. The van der Waals surface area contributed by atoms with Gasteiger partial charge in [0.05, 0.1) is 7.11 Å². The molecule has 2 N–H and O–H groups in total. The Bertz CT molecular complexity index is 790. The van der Waals surface area contributed by atoms with Crippen LogP contribution in [0.1, 0.15) is 12.0 Å². The van der Waals surface area contributed by atoms with Gasteiger partial charge in [0.1, 0.15) is 5.82 Å². The number of ether oxygens (including phenoxy) is 1. The lowest BCUT2D eigenvalue weighted by Gasteiger charge is -2.36. The van der Waals surface area contributed by atoms with E-state index in [1.54, 1.807) is 24.3 Å². The molecular weight excluding hydrogens is 361 g/mol. The van der Waals surface area contributed by atoms with Crippen LogP contribution in [-0.4, -0.2) is 55.7 Å². The third-order valence-corrected chi connectivity index (χ3v) is 4.91. The molecule has 1 heterocycles. The van der Waals surface area contributed by atoms with Crippen LogP contribution < -0.4 is 15.0 Å². The number of anilines is 1. The molecule has 1 fully saturated rings. The molecule has 0 atom stereocenters. The summed E-state index contributed by atoms with van der Waals surface area (Å²) in [5, 5.41) is 13.0. The number of carbonyl (C=O) groups excluding carboxylic acids is 1. The smallest absolute Gasteiger partial charge is 0.223 e. The molecule has 1 amide bonds. The molecule has 0 bridgehead atoms. The molecule has 0 radical (unpaired) electrons. The lowest BCUT2D eigenvalue weighted by Crippen LogP contribution is -2.49. The summed E-state index contributed by atoms with van der Waals surface area (Å²) in [6.45, 7) is 3.98. The van der Waals surface area contributed by atoms with Crippen molar-refractivity contribution in [2.24, 2.45) is 0 Å². The maximum atomic E-state index is 13.0. The number of carbonyl (C=O) groups is 1. The Morgan fingerprint density at radius 2 is 1.86 bits per heavy atom. The van der Waals surface area contributed by atoms with Crippen LogP contribution in [-0.2, 0) is 11.3 Å². The highest BCUT2D eigenvalue weighted by Crippen LogP contribution is 2.26. The third-order valence-electron chi connectivity index (χ3n) is 4.91. The summed E-state index contributed by atoms with van der Waals surface area (Å²) in [5.74, 6) is 0.439. The van der Waals surface area contributed by atoms with Gasteiger partial charge in [0.25, 0.3) is 0 Å². The molecule has 1 aliphatic heterocycles. The number of nitrogens with one attached hydrogen (secondary N) is 1. The van der Waals surface area contributed by atoms with Gasteiger partial charge >= 0.3 is 0 Å². The average Bonchev–Trinajstić information content (AvgIpc) is 2.72. The first kappa shape index (κ1) is 19.9. The van der Waals surface area contributed by atoms with E-state index in [0.29, 0.717) is 38.3 Å². The van der Waals surface area contributed by atoms with E-state index < -0.39 is 0 Å². The summed E-state index contributed by atoms with van der Waals surface area (Å²) < 4.78 is 18.1. The molecule has 1 saturated heterocycles. The number of benzene rings is 2. The summed E-state index contributed by atoms with van der Waals surface area (Å²) in [6, 6.07) is 11.7. The molecule has 0 spiro atoms. The zero-order chi connectivity index (χ0) is 19.9. The van der Waals surface area contributed by atoms with Gasteiger partial charge in [-0.3, -0.25) is 4.79 Å². The number of methoxy groups -OCH3 is 1. The maximum absolute atomic E-state index is 13.0. The number of hydrogen-bond acceptors (Lipinski definition) is 5. The minimum absolute atomic E-state index is 0.108. The molecule has 1 aliphatic rings. The molecule has 0 saturated carbocycles.